The molecule has 1 unspecified atom stereocenters. The first-order valence-electron chi connectivity index (χ1n) is 7.69. The highest BCUT2D eigenvalue weighted by Crippen LogP contribution is 2.37. The van der Waals surface area contributed by atoms with Crippen LogP contribution >= 0.6 is 0 Å². The van der Waals surface area contributed by atoms with E-state index in [1.807, 2.05) is 27.7 Å². The summed E-state index contributed by atoms with van der Waals surface area (Å²) >= 11 is 0. The first-order chi connectivity index (χ1) is 9.91. The van der Waals surface area contributed by atoms with Gasteiger partial charge in [0.05, 0.1) is 17.2 Å². The number of piperidine rings is 1. The van der Waals surface area contributed by atoms with Gasteiger partial charge in [-0.15, -0.1) is 0 Å². The van der Waals surface area contributed by atoms with Gasteiger partial charge in [-0.2, -0.15) is 12.7 Å². The number of carbonyl (C=O) groups is 1. The molecule has 2 fully saturated rings. The van der Waals surface area contributed by atoms with Crippen molar-refractivity contribution < 1.29 is 17.9 Å². The van der Waals surface area contributed by atoms with Crippen LogP contribution < -0.4 is 10.5 Å². The van der Waals surface area contributed by atoms with Gasteiger partial charge in [-0.25, -0.2) is 5.14 Å². The molecule has 0 radical (unpaired) electrons. The van der Waals surface area contributed by atoms with Crippen LogP contribution in [0.4, 0.5) is 0 Å². The van der Waals surface area contributed by atoms with Crippen LogP contribution in [0.2, 0.25) is 0 Å². The molecule has 0 aromatic rings. The summed E-state index contributed by atoms with van der Waals surface area (Å²) in [4.78, 5) is 12.4. The molecule has 128 valence electrons. The Morgan fingerprint density at radius 3 is 2.18 bits per heavy atom. The predicted molar refractivity (Wildman–Crippen MR) is 83.2 cm³/mol. The number of nitrogens with zero attached hydrogens (tertiary/aromatic N) is 1. The fraction of sp³-hybridized carbons (Fsp3) is 0.929. The zero-order valence-corrected chi connectivity index (χ0v) is 14.6. The lowest BCUT2D eigenvalue weighted by Gasteiger charge is -2.32. The Labute approximate surface area is 132 Å². The predicted octanol–water partition coefficient (Wildman–Crippen LogP) is 0.364. The Morgan fingerprint density at radius 2 is 1.77 bits per heavy atom. The summed E-state index contributed by atoms with van der Waals surface area (Å²) in [5, 5.41) is 8.20. The zero-order valence-electron chi connectivity index (χ0n) is 13.8. The van der Waals surface area contributed by atoms with Gasteiger partial charge in [0, 0.05) is 19.0 Å². The number of hydrogen-bond acceptors (Lipinski definition) is 4. The Kier molecular flexibility index (Phi) is 4.60. The summed E-state index contributed by atoms with van der Waals surface area (Å²) in [5.74, 6) is -0.189. The normalized spacial score (nSPS) is 29.4. The molecule has 3 N–H and O–H groups in total. The molecule has 0 aromatic carbocycles. The van der Waals surface area contributed by atoms with Crippen LogP contribution in [0.15, 0.2) is 0 Å². The summed E-state index contributed by atoms with van der Waals surface area (Å²) in [5.41, 5.74) is -0.654. The van der Waals surface area contributed by atoms with Crippen molar-refractivity contribution in [2.75, 3.05) is 13.1 Å². The molecule has 1 atom stereocenters. The van der Waals surface area contributed by atoms with Crippen LogP contribution in [0.1, 0.15) is 47.0 Å². The lowest BCUT2D eigenvalue weighted by molar-refractivity contribution is -0.128. The average Bonchev–Trinajstić information content (AvgIpc) is 2.56. The number of amides is 1. The molecule has 2 heterocycles. The molecular formula is C14H27N3O4S. The summed E-state index contributed by atoms with van der Waals surface area (Å²) in [6, 6.07) is -0.0359. The molecule has 0 spiro atoms. The van der Waals surface area contributed by atoms with Crippen molar-refractivity contribution in [3.8, 4) is 0 Å². The Bertz CT molecular complexity index is 536. The number of rotatable bonds is 3. The van der Waals surface area contributed by atoms with Crippen molar-refractivity contribution in [1.29, 1.82) is 0 Å². The lowest BCUT2D eigenvalue weighted by atomic mass is 9.92. The largest absolute Gasteiger partial charge is 0.367 e. The summed E-state index contributed by atoms with van der Waals surface area (Å²) in [6.45, 7) is 8.60. The van der Waals surface area contributed by atoms with Crippen LogP contribution in [0.25, 0.3) is 0 Å². The molecule has 7 nitrogen and oxygen atoms in total. The van der Waals surface area contributed by atoms with Gasteiger partial charge < -0.3 is 10.1 Å². The third-order valence-corrected chi connectivity index (χ3v) is 5.66. The minimum absolute atomic E-state index is 0.0200. The topological polar surface area (TPSA) is 102 Å². The molecule has 22 heavy (non-hydrogen) atoms. The molecule has 2 rings (SSSR count). The minimum Gasteiger partial charge on any atom is -0.367 e. The molecule has 2 aliphatic heterocycles. The van der Waals surface area contributed by atoms with E-state index in [2.05, 4.69) is 5.32 Å². The minimum atomic E-state index is -3.65. The van der Waals surface area contributed by atoms with Crippen molar-refractivity contribution in [2.45, 2.75) is 64.2 Å². The average molecular weight is 333 g/mol. The number of ether oxygens (including phenoxy) is 1. The fourth-order valence-corrected chi connectivity index (χ4v) is 4.17. The number of carbonyl (C=O) groups excluding carboxylic acids is 1. The van der Waals surface area contributed by atoms with Gasteiger partial charge in [0.15, 0.2) is 0 Å². The molecule has 0 saturated carbocycles. The van der Waals surface area contributed by atoms with E-state index in [-0.39, 0.29) is 23.5 Å². The molecule has 0 bridgehead atoms. The van der Waals surface area contributed by atoms with Crippen molar-refractivity contribution in [3.63, 3.8) is 0 Å². The van der Waals surface area contributed by atoms with Gasteiger partial charge in [0.1, 0.15) is 0 Å². The number of hydrogen-bond donors (Lipinski definition) is 2. The van der Waals surface area contributed by atoms with Gasteiger partial charge in [-0.1, -0.05) is 0 Å². The quantitative estimate of drug-likeness (QED) is 0.778. The van der Waals surface area contributed by atoms with Gasteiger partial charge in [0.25, 0.3) is 10.2 Å². The van der Waals surface area contributed by atoms with Crippen LogP contribution in [0, 0.1) is 5.92 Å². The smallest absolute Gasteiger partial charge is 0.276 e. The maximum atomic E-state index is 12.4. The highest BCUT2D eigenvalue weighted by molar-refractivity contribution is 7.86. The molecule has 0 aromatic heterocycles. The molecule has 1 amide bonds. The van der Waals surface area contributed by atoms with E-state index < -0.39 is 15.8 Å². The second kappa shape index (κ2) is 5.74. The third kappa shape index (κ3) is 3.98. The van der Waals surface area contributed by atoms with Crippen LogP contribution in [0.5, 0.6) is 0 Å². The van der Waals surface area contributed by atoms with Gasteiger partial charge in [-0.05, 0) is 47.0 Å². The van der Waals surface area contributed by atoms with Crippen molar-refractivity contribution in [1.82, 2.24) is 9.62 Å². The Balaban J connectivity index is 1.92. The SMILES string of the molecule is CC1(C)CC(NC(=O)C2CCN(S(N)(=O)=O)CC2)C(C)(C)O1. The van der Waals surface area contributed by atoms with Gasteiger partial charge >= 0.3 is 0 Å². The lowest BCUT2D eigenvalue weighted by Crippen LogP contribution is -2.50. The second-order valence-electron chi connectivity index (χ2n) is 7.45. The van der Waals surface area contributed by atoms with E-state index in [0.29, 0.717) is 25.9 Å². The zero-order chi connectivity index (χ0) is 16.8. The first kappa shape index (κ1) is 17.7. The molecular weight excluding hydrogens is 306 g/mol. The van der Waals surface area contributed by atoms with E-state index >= 15 is 0 Å². The van der Waals surface area contributed by atoms with E-state index in [0.717, 1.165) is 6.42 Å². The summed E-state index contributed by atoms with van der Waals surface area (Å²) in [6.07, 6.45) is 1.76. The van der Waals surface area contributed by atoms with Crippen LogP contribution in [-0.2, 0) is 19.7 Å². The van der Waals surface area contributed by atoms with Crippen molar-refractivity contribution >= 4 is 16.1 Å². The molecule has 8 heteroatoms. The molecule has 2 saturated heterocycles. The number of nitrogens with two attached hydrogens (primary N) is 1. The van der Waals surface area contributed by atoms with Crippen molar-refractivity contribution in [2.24, 2.45) is 11.1 Å². The standard InChI is InChI=1S/C14H27N3O4S/c1-13(2)9-11(14(3,4)21-13)16-12(18)10-5-7-17(8-6-10)22(15,19)20/h10-11H,5-9H2,1-4H3,(H,16,18)(H2,15,19,20). The van der Waals surface area contributed by atoms with Crippen LogP contribution in [0.3, 0.4) is 0 Å². The fourth-order valence-electron chi connectivity index (χ4n) is 3.45. The monoisotopic (exact) mass is 333 g/mol. The Morgan fingerprint density at radius 1 is 1.23 bits per heavy atom. The van der Waals surface area contributed by atoms with Gasteiger partial charge in [-0.3, -0.25) is 4.79 Å². The highest BCUT2D eigenvalue weighted by Gasteiger charge is 2.47. The second-order valence-corrected chi connectivity index (χ2v) is 9.00. The first-order valence-corrected chi connectivity index (χ1v) is 9.19. The summed E-state index contributed by atoms with van der Waals surface area (Å²) < 4.78 is 29.8. The van der Waals surface area contributed by atoms with Crippen LogP contribution in [-0.4, -0.2) is 49.0 Å². The third-order valence-electron chi connectivity index (χ3n) is 4.58. The number of nitrogens with one attached hydrogen (secondary N) is 1. The van der Waals surface area contributed by atoms with Gasteiger partial charge in [0.2, 0.25) is 5.91 Å². The van der Waals surface area contributed by atoms with E-state index in [1.54, 1.807) is 0 Å². The van der Waals surface area contributed by atoms with E-state index in [9.17, 15) is 13.2 Å². The van der Waals surface area contributed by atoms with E-state index in [1.165, 1.54) is 4.31 Å². The Hall–Kier alpha value is -0.700. The van der Waals surface area contributed by atoms with Crippen molar-refractivity contribution in [3.05, 3.63) is 0 Å². The molecule has 0 aliphatic carbocycles. The molecule has 2 aliphatic rings. The maximum Gasteiger partial charge on any atom is 0.276 e. The van der Waals surface area contributed by atoms with E-state index in [4.69, 9.17) is 9.88 Å². The highest BCUT2D eigenvalue weighted by atomic mass is 32.2. The summed E-state index contributed by atoms with van der Waals surface area (Å²) in [7, 11) is -3.65. The maximum absolute atomic E-state index is 12.4.